The zero-order valence-electron chi connectivity index (χ0n) is 40.6. The van der Waals surface area contributed by atoms with Gasteiger partial charge in [-0.3, -0.25) is 14.4 Å². The van der Waals surface area contributed by atoms with Crippen LogP contribution in [0.2, 0.25) is 0 Å². The van der Waals surface area contributed by atoms with Crippen molar-refractivity contribution in [3.8, 4) is 0 Å². The highest BCUT2D eigenvalue weighted by atomic mass is 16.6. The highest BCUT2D eigenvalue weighted by Gasteiger charge is 2.19. The second kappa shape index (κ2) is 50.5. The third-order valence-corrected chi connectivity index (χ3v) is 10.9. The average Bonchev–Trinajstić information content (AvgIpc) is 3.27. The second-order valence-electron chi connectivity index (χ2n) is 17.1. The largest absolute Gasteiger partial charge is 0.462 e. The van der Waals surface area contributed by atoms with Crippen LogP contribution in [-0.4, -0.2) is 37.2 Å². The van der Waals surface area contributed by atoms with Gasteiger partial charge >= 0.3 is 17.9 Å². The fourth-order valence-electron chi connectivity index (χ4n) is 7.05. The van der Waals surface area contributed by atoms with Gasteiger partial charge in [-0.2, -0.15) is 0 Å². The molecule has 0 aromatic carbocycles. The van der Waals surface area contributed by atoms with E-state index in [1.54, 1.807) is 0 Å². The summed E-state index contributed by atoms with van der Waals surface area (Å²) in [6.45, 7) is 6.47. The van der Waals surface area contributed by atoms with Crippen molar-refractivity contribution >= 4 is 17.9 Å². The van der Waals surface area contributed by atoms with E-state index in [4.69, 9.17) is 14.2 Å². The van der Waals surface area contributed by atoms with Crippen molar-refractivity contribution in [1.82, 2.24) is 0 Å². The zero-order valence-corrected chi connectivity index (χ0v) is 40.6. The lowest BCUT2D eigenvalue weighted by Crippen LogP contribution is -2.30. The molecule has 0 amide bonds. The van der Waals surface area contributed by atoms with Crippen LogP contribution in [0.15, 0.2) is 72.9 Å². The van der Waals surface area contributed by atoms with Crippen molar-refractivity contribution in [2.45, 2.75) is 252 Å². The molecule has 0 aliphatic rings. The Bertz CT molecular complexity index is 1180. The van der Waals surface area contributed by atoms with Crippen molar-refractivity contribution in [3.05, 3.63) is 72.9 Å². The molecule has 0 aromatic heterocycles. The first-order valence-corrected chi connectivity index (χ1v) is 25.9. The maximum Gasteiger partial charge on any atom is 0.306 e. The Balaban J connectivity index is 4.35. The van der Waals surface area contributed by atoms with Crippen molar-refractivity contribution < 1.29 is 28.6 Å². The molecular formula is C56H96O6. The Morgan fingerprint density at radius 3 is 1.00 bits per heavy atom. The second-order valence-corrected chi connectivity index (χ2v) is 17.1. The summed E-state index contributed by atoms with van der Waals surface area (Å²) in [5.41, 5.74) is 0. The van der Waals surface area contributed by atoms with Gasteiger partial charge < -0.3 is 14.2 Å². The molecule has 0 saturated heterocycles. The lowest BCUT2D eigenvalue weighted by molar-refractivity contribution is -0.167. The summed E-state index contributed by atoms with van der Waals surface area (Å²) in [6, 6.07) is 0. The van der Waals surface area contributed by atoms with Crippen molar-refractivity contribution in [1.29, 1.82) is 0 Å². The fourth-order valence-corrected chi connectivity index (χ4v) is 7.05. The minimum absolute atomic E-state index is 0.0839. The van der Waals surface area contributed by atoms with E-state index in [0.29, 0.717) is 19.3 Å². The standard InChI is InChI=1S/C56H96O6/c1-4-7-10-13-16-19-21-23-25-26-27-28-29-30-31-33-34-37-40-43-46-49-55(58)61-52-53(51-60-54(57)48-45-42-39-36-18-15-12-9-6-3)62-56(59)50-47-44-41-38-35-32-24-22-20-17-14-11-8-5-2/h7,10,16,19,22-25,27-28,30-31,53H,4-6,8-9,11-15,17-18,20-21,26,29,32-52H2,1-3H3/b10-7-,19-16-,24-22-,25-23-,28-27-,31-30-. The lowest BCUT2D eigenvalue weighted by Gasteiger charge is -2.18. The van der Waals surface area contributed by atoms with Gasteiger partial charge in [0.1, 0.15) is 13.2 Å². The molecule has 0 radical (unpaired) electrons. The molecule has 0 fully saturated rings. The molecule has 6 nitrogen and oxygen atoms in total. The third-order valence-electron chi connectivity index (χ3n) is 10.9. The number of carbonyl (C=O) groups is 3. The summed E-state index contributed by atoms with van der Waals surface area (Å²) in [4.78, 5) is 37.9. The number of ether oxygens (including phenoxy) is 3. The number of carbonyl (C=O) groups excluding carboxylic acids is 3. The molecule has 6 heteroatoms. The third kappa shape index (κ3) is 47.9. The molecule has 0 rings (SSSR count). The molecule has 62 heavy (non-hydrogen) atoms. The van der Waals surface area contributed by atoms with Crippen molar-refractivity contribution in [3.63, 3.8) is 0 Å². The smallest absolute Gasteiger partial charge is 0.306 e. The number of allylic oxidation sites excluding steroid dienone is 12. The van der Waals surface area contributed by atoms with Gasteiger partial charge in [0.25, 0.3) is 0 Å². The zero-order chi connectivity index (χ0) is 45.1. The van der Waals surface area contributed by atoms with Gasteiger partial charge in [-0.1, -0.05) is 209 Å². The van der Waals surface area contributed by atoms with E-state index in [1.165, 1.54) is 83.5 Å². The van der Waals surface area contributed by atoms with Gasteiger partial charge in [0, 0.05) is 19.3 Å². The topological polar surface area (TPSA) is 78.9 Å². The number of unbranched alkanes of at least 4 members (excludes halogenated alkanes) is 23. The van der Waals surface area contributed by atoms with Gasteiger partial charge in [0.05, 0.1) is 0 Å². The highest BCUT2D eigenvalue weighted by molar-refractivity contribution is 5.71. The van der Waals surface area contributed by atoms with Crippen LogP contribution >= 0.6 is 0 Å². The van der Waals surface area contributed by atoms with E-state index < -0.39 is 6.10 Å². The minimum atomic E-state index is -0.784. The summed E-state index contributed by atoms with van der Waals surface area (Å²) in [5.74, 6) is -0.913. The molecule has 1 unspecified atom stereocenters. The van der Waals surface area contributed by atoms with Crippen LogP contribution in [0.25, 0.3) is 0 Å². The van der Waals surface area contributed by atoms with Crippen LogP contribution in [-0.2, 0) is 28.6 Å². The molecule has 0 aliphatic heterocycles. The molecule has 0 spiro atoms. The van der Waals surface area contributed by atoms with E-state index in [-0.39, 0.29) is 31.1 Å². The quantitative estimate of drug-likeness (QED) is 0.0262. The normalized spacial score (nSPS) is 12.6. The SMILES string of the molecule is CC/C=C\C/C=C\C/C=C\C/C=C\C/C=C\CCCCCCCC(=O)OCC(COC(=O)CCCCCCCCCCC)OC(=O)CCCCCCC/C=C\CCCCCCC. The van der Waals surface area contributed by atoms with E-state index >= 15 is 0 Å². The van der Waals surface area contributed by atoms with E-state index in [2.05, 4.69) is 93.7 Å². The highest BCUT2D eigenvalue weighted by Crippen LogP contribution is 2.14. The molecule has 0 saturated carbocycles. The summed E-state index contributed by atoms with van der Waals surface area (Å²) in [7, 11) is 0. The van der Waals surface area contributed by atoms with Crippen LogP contribution in [0.4, 0.5) is 0 Å². The van der Waals surface area contributed by atoms with Crippen LogP contribution in [0.3, 0.4) is 0 Å². The van der Waals surface area contributed by atoms with E-state index in [1.807, 2.05) is 0 Å². The molecule has 0 heterocycles. The summed E-state index contributed by atoms with van der Waals surface area (Å²) >= 11 is 0. The molecule has 0 aliphatic carbocycles. The molecular weight excluding hydrogens is 769 g/mol. The molecule has 1 atom stereocenters. The first-order chi connectivity index (χ1) is 30.5. The molecule has 0 bridgehead atoms. The summed E-state index contributed by atoms with van der Waals surface area (Å²) in [6.07, 6.45) is 63.1. The first-order valence-electron chi connectivity index (χ1n) is 25.9. The predicted octanol–water partition coefficient (Wildman–Crippen LogP) is 17.0. The number of esters is 3. The Labute approximate surface area is 382 Å². The Morgan fingerprint density at radius 2 is 0.629 bits per heavy atom. The Hall–Kier alpha value is -3.15. The van der Waals surface area contributed by atoms with Gasteiger partial charge in [-0.25, -0.2) is 0 Å². The number of hydrogen-bond donors (Lipinski definition) is 0. The van der Waals surface area contributed by atoms with E-state index in [9.17, 15) is 14.4 Å². The van der Waals surface area contributed by atoms with Crippen LogP contribution < -0.4 is 0 Å². The maximum atomic E-state index is 12.8. The minimum Gasteiger partial charge on any atom is -0.462 e. The first kappa shape index (κ1) is 58.9. The maximum absolute atomic E-state index is 12.8. The van der Waals surface area contributed by atoms with Gasteiger partial charge in [0.2, 0.25) is 0 Å². The Kier molecular flexibility index (Phi) is 47.9. The van der Waals surface area contributed by atoms with Gasteiger partial charge in [-0.15, -0.1) is 0 Å². The molecule has 0 N–H and O–H groups in total. The molecule has 0 aromatic rings. The van der Waals surface area contributed by atoms with Gasteiger partial charge in [-0.05, 0) is 89.9 Å². The van der Waals surface area contributed by atoms with Crippen LogP contribution in [0.1, 0.15) is 245 Å². The van der Waals surface area contributed by atoms with Crippen LogP contribution in [0, 0.1) is 0 Å². The van der Waals surface area contributed by atoms with Gasteiger partial charge in [0.15, 0.2) is 6.10 Å². The summed E-state index contributed by atoms with van der Waals surface area (Å²) < 4.78 is 16.7. The Morgan fingerprint density at radius 1 is 0.339 bits per heavy atom. The summed E-state index contributed by atoms with van der Waals surface area (Å²) in [5, 5.41) is 0. The lowest BCUT2D eigenvalue weighted by atomic mass is 10.1. The predicted molar refractivity (Wildman–Crippen MR) is 265 cm³/mol. The number of rotatable bonds is 46. The van der Waals surface area contributed by atoms with E-state index in [0.717, 1.165) is 122 Å². The van der Waals surface area contributed by atoms with Crippen molar-refractivity contribution in [2.24, 2.45) is 0 Å². The number of hydrogen-bond acceptors (Lipinski definition) is 6. The fraction of sp³-hybridized carbons (Fsp3) is 0.732. The monoisotopic (exact) mass is 865 g/mol. The van der Waals surface area contributed by atoms with Crippen molar-refractivity contribution in [2.75, 3.05) is 13.2 Å². The molecule has 356 valence electrons. The average molecular weight is 865 g/mol. The van der Waals surface area contributed by atoms with Crippen LogP contribution in [0.5, 0.6) is 0 Å².